The Morgan fingerprint density at radius 2 is 2.00 bits per heavy atom. The normalized spacial score (nSPS) is 13.0. The molecule has 3 heteroatoms. The Morgan fingerprint density at radius 1 is 1.17 bits per heavy atom. The summed E-state index contributed by atoms with van der Waals surface area (Å²) in [6, 6.07) is 8.23. The molecule has 1 heterocycles. The van der Waals surface area contributed by atoms with Crippen LogP contribution in [-0.2, 0) is 0 Å². The van der Waals surface area contributed by atoms with Crippen LogP contribution in [0.1, 0.15) is 5.56 Å². The Labute approximate surface area is 76.1 Å². The van der Waals surface area contributed by atoms with Crippen LogP contribution >= 0.6 is 11.9 Å². The minimum absolute atomic E-state index is 0. The summed E-state index contributed by atoms with van der Waals surface area (Å²) >= 11 is 1.52. The van der Waals surface area contributed by atoms with Crippen LogP contribution in [0.2, 0.25) is 0 Å². The molecule has 2 nitrogen and oxygen atoms in total. The standard InChI is InChI=1S/C9H7NS.H3N/c1-2-6-9-8(4-1)5-3-7-10-11-9;/h1-7H;1H3. The summed E-state index contributed by atoms with van der Waals surface area (Å²) < 4.78 is 4.12. The van der Waals surface area contributed by atoms with Crippen LogP contribution in [0.3, 0.4) is 0 Å². The van der Waals surface area contributed by atoms with Gasteiger partial charge in [-0.05, 0) is 17.7 Å². The number of allylic oxidation sites excluding steroid dienone is 1. The molecule has 0 unspecified atom stereocenters. The summed E-state index contributed by atoms with van der Waals surface area (Å²) in [4.78, 5) is 1.22. The zero-order valence-electron chi connectivity index (χ0n) is 6.60. The van der Waals surface area contributed by atoms with E-state index in [2.05, 4.69) is 22.6 Å². The molecule has 0 spiro atoms. The van der Waals surface area contributed by atoms with Crippen molar-refractivity contribution in [3.63, 3.8) is 0 Å². The van der Waals surface area contributed by atoms with Crippen LogP contribution in [0.4, 0.5) is 0 Å². The molecule has 0 fully saturated rings. The molecule has 0 amide bonds. The molecule has 62 valence electrons. The zero-order chi connectivity index (χ0) is 7.52. The second-order valence-corrected chi connectivity index (χ2v) is 3.08. The topological polar surface area (TPSA) is 47.4 Å². The molecule has 0 saturated carbocycles. The van der Waals surface area contributed by atoms with Gasteiger partial charge in [-0.3, -0.25) is 0 Å². The summed E-state index contributed by atoms with van der Waals surface area (Å²) in [6.07, 6.45) is 5.84. The Bertz CT molecular complexity index is 318. The molecule has 0 aromatic heterocycles. The van der Waals surface area contributed by atoms with Gasteiger partial charge in [-0.1, -0.05) is 24.3 Å². The summed E-state index contributed by atoms with van der Waals surface area (Å²) in [5, 5.41) is 0. The van der Waals surface area contributed by atoms with Gasteiger partial charge < -0.3 is 6.15 Å². The molecule has 0 aliphatic carbocycles. The zero-order valence-corrected chi connectivity index (χ0v) is 7.42. The minimum atomic E-state index is 0. The molecule has 12 heavy (non-hydrogen) atoms. The van der Waals surface area contributed by atoms with Gasteiger partial charge in [-0.15, -0.1) is 0 Å². The van der Waals surface area contributed by atoms with Crippen molar-refractivity contribution in [3.8, 4) is 0 Å². The smallest absolute Gasteiger partial charge is 0.0377 e. The number of hydrogen-bond donors (Lipinski definition) is 1. The molecule has 2 rings (SSSR count). The molecule has 0 atom stereocenters. The lowest BCUT2D eigenvalue weighted by atomic mass is 10.2. The maximum absolute atomic E-state index is 4.12. The quantitative estimate of drug-likeness (QED) is 0.621. The van der Waals surface area contributed by atoms with Crippen molar-refractivity contribution in [2.45, 2.75) is 4.90 Å². The first-order valence-electron chi connectivity index (χ1n) is 3.43. The first kappa shape index (κ1) is 9.03. The van der Waals surface area contributed by atoms with E-state index in [1.165, 1.54) is 22.4 Å². The van der Waals surface area contributed by atoms with Crippen molar-refractivity contribution < 1.29 is 0 Å². The molecule has 1 aliphatic rings. The largest absolute Gasteiger partial charge is 0.344 e. The lowest BCUT2D eigenvalue weighted by Gasteiger charge is -1.97. The average molecular weight is 178 g/mol. The van der Waals surface area contributed by atoms with Crippen LogP contribution in [0.5, 0.6) is 0 Å². The first-order valence-corrected chi connectivity index (χ1v) is 4.20. The Hall–Kier alpha value is -1.06. The number of fused-ring (bicyclic) bond motifs is 1. The summed E-state index contributed by atoms with van der Waals surface area (Å²) in [7, 11) is 0. The third-order valence-corrected chi connectivity index (χ3v) is 2.29. The van der Waals surface area contributed by atoms with Crippen molar-refractivity contribution in [1.82, 2.24) is 6.15 Å². The van der Waals surface area contributed by atoms with Crippen LogP contribution in [0.25, 0.3) is 6.08 Å². The molecule has 0 bridgehead atoms. The van der Waals surface area contributed by atoms with E-state index in [1.54, 1.807) is 0 Å². The van der Waals surface area contributed by atoms with Crippen molar-refractivity contribution >= 4 is 24.2 Å². The van der Waals surface area contributed by atoms with Gasteiger partial charge in [0.1, 0.15) is 0 Å². The van der Waals surface area contributed by atoms with Crippen LogP contribution < -0.4 is 6.15 Å². The minimum Gasteiger partial charge on any atom is -0.344 e. The number of hydrogen-bond acceptors (Lipinski definition) is 3. The molecule has 0 radical (unpaired) electrons. The summed E-state index contributed by atoms with van der Waals surface area (Å²) in [5.74, 6) is 0. The molecule has 1 aliphatic heterocycles. The van der Waals surface area contributed by atoms with E-state index in [-0.39, 0.29) is 6.15 Å². The Balaban J connectivity index is 0.000000720. The van der Waals surface area contributed by atoms with Gasteiger partial charge in [0.15, 0.2) is 0 Å². The second kappa shape index (κ2) is 4.09. The van der Waals surface area contributed by atoms with Crippen LogP contribution in [0, 0.1) is 0 Å². The molecular weight excluding hydrogens is 168 g/mol. The third-order valence-electron chi connectivity index (χ3n) is 1.49. The van der Waals surface area contributed by atoms with E-state index in [4.69, 9.17) is 0 Å². The van der Waals surface area contributed by atoms with E-state index in [1.807, 2.05) is 24.4 Å². The highest BCUT2D eigenvalue weighted by molar-refractivity contribution is 7.98. The highest BCUT2D eigenvalue weighted by Crippen LogP contribution is 2.25. The van der Waals surface area contributed by atoms with Gasteiger partial charge in [0.25, 0.3) is 0 Å². The fourth-order valence-electron chi connectivity index (χ4n) is 0.970. The Kier molecular flexibility index (Phi) is 3.08. The third kappa shape index (κ3) is 1.75. The highest BCUT2D eigenvalue weighted by atomic mass is 32.2. The molecule has 1 aromatic carbocycles. The lowest BCUT2D eigenvalue weighted by Crippen LogP contribution is -1.73. The van der Waals surface area contributed by atoms with Crippen molar-refractivity contribution in [3.05, 3.63) is 35.9 Å². The summed E-state index contributed by atoms with van der Waals surface area (Å²) in [5.41, 5.74) is 1.25. The first-order chi connectivity index (χ1) is 5.47. The van der Waals surface area contributed by atoms with E-state index in [9.17, 15) is 0 Å². The maximum Gasteiger partial charge on any atom is 0.0377 e. The van der Waals surface area contributed by atoms with E-state index < -0.39 is 0 Å². The molecule has 0 saturated heterocycles. The average Bonchev–Trinajstić information content (AvgIpc) is 2.28. The predicted molar refractivity (Wildman–Crippen MR) is 54.8 cm³/mol. The summed E-state index contributed by atoms with van der Waals surface area (Å²) in [6.45, 7) is 0. The van der Waals surface area contributed by atoms with Crippen molar-refractivity contribution in [1.29, 1.82) is 0 Å². The van der Waals surface area contributed by atoms with E-state index in [0.717, 1.165) is 0 Å². The monoisotopic (exact) mass is 178 g/mol. The Morgan fingerprint density at radius 3 is 2.92 bits per heavy atom. The van der Waals surface area contributed by atoms with E-state index in [0.29, 0.717) is 0 Å². The molecule has 1 aromatic rings. The van der Waals surface area contributed by atoms with Gasteiger partial charge in [-0.2, -0.15) is 0 Å². The number of benzene rings is 1. The number of rotatable bonds is 0. The maximum atomic E-state index is 4.12. The molecular formula is C9H10N2S. The van der Waals surface area contributed by atoms with Crippen molar-refractivity contribution in [2.24, 2.45) is 4.40 Å². The SMILES string of the molecule is C1=Cc2ccccc2SN=C1.N. The molecule has 3 N–H and O–H groups in total. The fraction of sp³-hybridized carbons (Fsp3) is 0. The van der Waals surface area contributed by atoms with Crippen molar-refractivity contribution in [2.75, 3.05) is 0 Å². The fourth-order valence-corrected chi connectivity index (χ4v) is 1.60. The lowest BCUT2D eigenvalue weighted by molar-refractivity contribution is 1.43. The number of nitrogens with zero attached hydrogens (tertiary/aromatic N) is 1. The van der Waals surface area contributed by atoms with Gasteiger partial charge in [0, 0.05) is 23.1 Å². The van der Waals surface area contributed by atoms with Crippen LogP contribution in [-0.4, -0.2) is 6.21 Å². The van der Waals surface area contributed by atoms with Gasteiger partial charge in [-0.25, -0.2) is 4.40 Å². The predicted octanol–water partition coefficient (Wildman–Crippen LogP) is 2.95. The van der Waals surface area contributed by atoms with Gasteiger partial charge >= 0.3 is 0 Å². The van der Waals surface area contributed by atoms with Gasteiger partial charge in [0.05, 0.1) is 0 Å². The highest BCUT2D eigenvalue weighted by Gasteiger charge is 1.98. The van der Waals surface area contributed by atoms with Gasteiger partial charge in [0.2, 0.25) is 0 Å². The van der Waals surface area contributed by atoms with Crippen LogP contribution in [0.15, 0.2) is 39.6 Å². The second-order valence-electron chi connectivity index (χ2n) is 2.24. The van der Waals surface area contributed by atoms with E-state index >= 15 is 0 Å².